The fourth-order valence-corrected chi connectivity index (χ4v) is 3.41. The summed E-state index contributed by atoms with van der Waals surface area (Å²) in [5.74, 6) is 0.863. The van der Waals surface area contributed by atoms with E-state index in [9.17, 15) is 0 Å². The van der Waals surface area contributed by atoms with E-state index in [1.807, 2.05) is 51.1 Å². The number of ether oxygens (including phenoxy) is 3. The quantitative estimate of drug-likeness (QED) is 0.836. The second-order valence-electron chi connectivity index (χ2n) is 6.83. The first kappa shape index (κ1) is 17.8. The van der Waals surface area contributed by atoms with Gasteiger partial charge in [-0.15, -0.1) is 0 Å². The smallest absolute Gasteiger partial charge is 0.132 e. The van der Waals surface area contributed by atoms with Crippen molar-refractivity contribution in [3.05, 3.63) is 59.7 Å². The third-order valence-electron chi connectivity index (χ3n) is 4.59. The van der Waals surface area contributed by atoms with Crippen LogP contribution in [-0.2, 0) is 16.0 Å². The van der Waals surface area contributed by atoms with Crippen LogP contribution in [0.2, 0.25) is 0 Å². The first-order valence-electron chi connectivity index (χ1n) is 8.80. The van der Waals surface area contributed by atoms with Crippen LogP contribution in [0.4, 0.5) is 5.69 Å². The van der Waals surface area contributed by atoms with Gasteiger partial charge < -0.3 is 19.5 Å². The molecule has 0 aliphatic carbocycles. The molecule has 2 unspecified atom stereocenters. The molecule has 2 aromatic rings. The summed E-state index contributed by atoms with van der Waals surface area (Å²) >= 11 is 0. The monoisotopic (exact) mass is 341 g/mol. The van der Waals surface area contributed by atoms with E-state index in [2.05, 4.69) is 23.5 Å². The second kappa shape index (κ2) is 7.46. The molecular formula is C21H27NO3. The number of hydrogen-bond acceptors (Lipinski definition) is 4. The Hall–Kier alpha value is -2.04. The topological polar surface area (TPSA) is 39.7 Å². The van der Waals surface area contributed by atoms with E-state index in [1.165, 1.54) is 5.56 Å². The molecule has 0 spiro atoms. The number of hydrogen-bond donors (Lipinski definition) is 1. The Morgan fingerprint density at radius 1 is 1.12 bits per heavy atom. The zero-order valence-corrected chi connectivity index (χ0v) is 15.4. The number of fused-ring (bicyclic) bond motifs is 1. The number of anilines is 1. The molecule has 1 N–H and O–H groups in total. The number of nitrogens with one attached hydrogen (secondary N) is 1. The maximum Gasteiger partial charge on any atom is 0.132 e. The van der Waals surface area contributed by atoms with Crippen molar-refractivity contribution < 1.29 is 14.2 Å². The molecule has 4 nitrogen and oxygen atoms in total. The van der Waals surface area contributed by atoms with Crippen LogP contribution in [-0.4, -0.2) is 25.4 Å². The van der Waals surface area contributed by atoms with Crippen LogP contribution in [0.3, 0.4) is 0 Å². The zero-order valence-electron chi connectivity index (χ0n) is 15.4. The van der Waals surface area contributed by atoms with Crippen molar-refractivity contribution in [3.8, 4) is 5.75 Å². The third-order valence-corrected chi connectivity index (χ3v) is 4.59. The van der Waals surface area contributed by atoms with Crippen molar-refractivity contribution in [3.63, 3.8) is 0 Å². The molecule has 1 aliphatic rings. The average molecular weight is 341 g/mol. The largest absolute Gasteiger partial charge is 0.485 e. The molecule has 0 radical (unpaired) electrons. The summed E-state index contributed by atoms with van der Waals surface area (Å²) in [5.41, 5.74) is 2.88. The van der Waals surface area contributed by atoms with E-state index in [0.29, 0.717) is 6.61 Å². The minimum absolute atomic E-state index is 0.146. The Kier molecular flexibility index (Phi) is 5.30. The van der Waals surface area contributed by atoms with Crippen LogP contribution in [0.15, 0.2) is 48.5 Å². The third kappa shape index (κ3) is 3.80. The SMILES string of the molecule is CCOC1c2cc(NCc3ccccc3)ccc2OC(C)(C)C1OC. The summed E-state index contributed by atoms with van der Waals surface area (Å²) < 4.78 is 17.9. The van der Waals surface area contributed by atoms with Crippen molar-refractivity contribution in [1.29, 1.82) is 0 Å². The van der Waals surface area contributed by atoms with Gasteiger partial charge in [-0.1, -0.05) is 30.3 Å². The van der Waals surface area contributed by atoms with Crippen LogP contribution in [0, 0.1) is 0 Å². The lowest BCUT2D eigenvalue weighted by Gasteiger charge is -2.43. The van der Waals surface area contributed by atoms with E-state index in [0.717, 1.165) is 23.5 Å². The molecule has 4 heteroatoms. The van der Waals surface area contributed by atoms with Gasteiger partial charge in [-0.3, -0.25) is 0 Å². The minimum atomic E-state index is -0.444. The van der Waals surface area contributed by atoms with Gasteiger partial charge in [0.05, 0.1) is 0 Å². The summed E-state index contributed by atoms with van der Waals surface area (Å²) in [4.78, 5) is 0. The number of methoxy groups -OCH3 is 1. The predicted molar refractivity (Wildman–Crippen MR) is 100 cm³/mol. The molecule has 2 aromatic carbocycles. The summed E-state index contributed by atoms with van der Waals surface area (Å²) in [7, 11) is 1.71. The van der Waals surface area contributed by atoms with Gasteiger partial charge in [-0.2, -0.15) is 0 Å². The van der Waals surface area contributed by atoms with E-state index < -0.39 is 5.60 Å². The van der Waals surface area contributed by atoms with E-state index in [4.69, 9.17) is 14.2 Å². The maximum absolute atomic E-state index is 6.18. The number of benzene rings is 2. The zero-order chi connectivity index (χ0) is 17.9. The van der Waals surface area contributed by atoms with Crippen LogP contribution < -0.4 is 10.1 Å². The summed E-state index contributed by atoms with van der Waals surface area (Å²) in [6, 6.07) is 16.5. The van der Waals surface area contributed by atoms with Gasteiger partial charge in [-0.05, 0) is 44.5 Å². The normalized spacial score (nSPS) is 21.3. The summed E-state index contributed by atoms with van der Waals surface area (Å²) in [5, 5.41) is 3.48. The molecule has 0 bridgehead atoms. The first-order chi connectivity index (χ1) is 12.0. The van der Waals surface area contributed by atoms with Crippen molar-refractivity contribution in [2.45, 2.75) is 45.1 Å². The van der Waals surface area contributed by atoms with Gasteiger partial charge in [0, 0.05) is 31.5 Å². The van der Waals surface area contributed by atoms with E-state index in [-0.39, 0.29) is 12.2 Å². The Labute approximate surface area is 150 Å². The van der Waals surface area contributed by atoms with Crippen molar-refractivity contribution >= 4 is 5.69 Å². The minimum Gasteiger partial charge on any atom is -0.485 e. The van der Waals surface area contributed by atoms with Gasteiger partial charge >= 0.3 is 0 Å². The lowest BCUT2D eigenvalue weighted by Crippen LogP contribution is -2.50. The first-order valence-corrected chi connectivity index (χ1v) is 8.80. The van der Waals surface area contributed by atoms with Gasteiger partial charge in [-0.25, -0.2) is 0 Å². The van der Waals surface area contributed by atoms with Gasteiger partial charge in [0.25, 0.3) is 0 Å². The molecule has 0 saturated heterocycles. The molecular weight excluding hydrogens is 314 g/mol. The molecule has 3 rings (SSSR count). The molecule has 0 amide bonds. The van der Waals surface area contributed by atoms with Crippen LogP contribution in [0.25, 0.3) is 0 Å². The highest BCUT2D eigenvalue weighted by molar-refractivity contribution is 5.53. The van der Waals surface area contributed by atoms with Crippen molar-refractivity contribution in [2.75, 3.05) is 19.0 Å². The lowest BCUT2D eigenvalue weighted by molar-refractivity contribution is -0.148. The van der Waals surface area contributed by atoms with Crippen molar-refractivity contribution in [2.24, 2.45) is 0 Å². The van der Waals surface area contributed by atoms with Gasteiger partial charge in [0.2, 0.25) is 0 Å². The summed E-state index contributed by atoms with van der Waals surface area (Å²) in [6.07, 6.45) is -0.309. The van der Waals surface area contributed by atoms with Crippen LogP contribution in [0.1, 0.15) is 38.0 Å². The molecule has 134 valence electrons. The highest BCUT2D eigenvalue weighted by Crippen LogP contribution is 2.44. The van der Waals surface area contributed by atoms with E-state index >= 15 is 0 Å². The number of rotatable bonds is 6. The fourth-order valence-electron chi connectivity index (χ4n) is 3.41. The Bertz CT molecular complexity index is 700. The molecule has 0 aromatic heterocycles. The van der Waals surface area contributed by atoms with E-state index in [1.54, 1.807) is 7.11 Å². The molecule has 1 heterocycles. The highest BCUT2D eigenvalue weighted by Gasteiger charge is 2.44. The van der Waals surface area contributed by atoms with Crippen LogP contribution >= 0.6 is 0 Å². The molecule has 1 aliphatic heterocycles. The van der Waals surface area contributed by atoms with Gasteiger partial charge in [0.15, 0.2) is 0 Å². The Morgan fingerprint density at radius 2 is 1.88 bits per heavy atom. The van der Waals surface area contributed by atoms with Crippen LogP contribution in [0.5, 0.6) is 5.75 Å². The maximum atomic E-state index is 6.18. The van der Waals surface area contributed by atoms with Crippen molar-refractivity contribution in [1.82, 2.24) is 0 Å². The predicted octanol–water partition coefficient (Wildman–Crippen LogP) is 4.56. The molecule has 25 heavy (non-hydrogen) atoms. The Morgan fingerprint density at radius 3 is 2.56 bits per heavy atom. The molecule has 2 atom stereocenters. The standard InChI is InChI=1S/C21H27NO3/c1-5-24-19-17-13-16(22-14-15-9-7-6-8-10-15)11-12-18(17)25-21(2,3)20(19)23-4/h6-13,19-20,22H,5,14H2,1-4H3. The highest BCUT2D eigenvalue weighted by atomic mass is 16.6. The summed E-state index contributed by atoms with van der Waals surface area (Å²) in [6.45, 7) is 7.49. The fraction of sp³-hybridized carbons (Fsp3) is 0.429. The lowest BCUT2D eigenvalue weighted by atomic mass is 9.88. The second-order valence-corrected chi connectivity index (χ2v) is 6.83. The average Bonchev–Trinajstić information content (AvgIpc) is 2.61. The molecule has 0 fully saturated rings. The molecule has 0 saturated carbocycles. The Balaban J connectivity index is 1.85. The van der Waals surface area contributed by atoms with Gasteiger partial charge in [0.1, 0.15) is 23.6 Å².